The number of piperazine rings is 1. The summed E-state index contributed by atoms with van der Waals surface area (Å²) in [4.78, 5) is 13.5. The van der Waals surface area contributed by atoms with Gasteiger partial charge in [0.2, 0.25) is 11.0 Å². The molecule has 0 radical (unpaired) electrons. The summed E-state index contributed by atoms with van der Waals surface area (Å²) in [5, 5.41) is 23.7. The first-order valence-electron chi connectivity index (χ1n) is 11.2. The summed E-state index contributed by atoms with van der Waals surface area (Å²) in [6.45, 7) is 1.09. The van der Waals surface area contributed by atoms with Crippen molar-refractivity contribution in [1.29, 1.82) is 5.41 Å². The van der Waals surface area contributed by atoms with E-state index in [1.807, 2.05) is 35.2 Å². The first-order valence-corrected chi connectivity index (χ1v) is 14.4. The number of amidine groups is 2. The third kappa shape index (κ3) is 5.36. The number of halogens is 3. The van der Waals surface area contributed by atoms with E-state index in [4.69, 9.17) is 38.6 Å². The molecule has 2 N–H and O–H groups in total. The smallest absolute Gasteiger partial charge is 0.244 e. The van der Waals surface area contributed by atoms with Crippen LogP contribution in [-0.4, -0.2) is 56.1 Å². The molecule has 12 heteroatoms. The van der Waals surface area contributed by atoms with Crippen LogP contribution in [0.2, 0.25) is 10.0 Å². The van der Waals surface area contributed by atoms with Crippen LogP contribution < -0.4 is 10.2 Å². The third-order valence-electron chi connectivity index (χ3n) is 5.98. The van der Waals surface area contributed by atoms with Crippen molar-refractivity contribution in [3.63, 3.8) is 0 Å². The molecule has 0 spiro atoms. The molecule has 0 aliphatic carbocycles. The van der Waals surface area contributed by atoms with Crippen molar-refractivity contribution >= 4 is 74.1 Å². The molecule has 0 saturated carbocycles. The highest BCUT2D eigenvalue weighted by Gasteiger charge is 2.28. The van der Waals surface area contributed by atoms with Gasteiger partial charge in [0.15, 0.2) is 17.4 Å². The molecule has 0 amide bonds. The Morgan fingerprint density at radius 2 is 2.08 bits per heavy atom. The van der Waals surface area contributed by atoms with Crippen LogP contribution in [-0.2, 0) is 23.6 Å². The summed E-state index contributed by atoms with van der Waals surface area (Å²) < 4.78 is 13.8. The van der Waals surface area contributed by atoms with Crippen LogP contribution in [0.3, 0.4) is 0 Å². The minimum Gasteiger partial charge on any atom is -0.467 e. The first-order chi connectivity index (χ1) is 17.3. The molecule has 1 saturated heterocycles. The number of hydrogen-bond donors (Lipinski definition) is 2. The molecule has 2 aliphatic rings. The number of rotatable bonds is 5. The molecule has 2 aliphatic heterocycles. The zero-order valence-electron chi connectivity index (χ0n) is 19.0. The van der Waals surface area contributed by atoms with E-state index in [1.54, 1.807) is 17.0 Å². The van der Waals surface area contributed by atoms with Gasteiger partial charge in [-0.15, -0.1) is 0 Å². The summed E-state index contributed by atoms with van der Waals surface area (Å²) in [5.41, 5.74) is 2.49. The molecule has 3 heterocycles. The fourth-order valence-corrected chi connectivity index (χ4v) is 6.39. The first kappa shape index (κ1) is 25.4. The molecule has 8 nitrogen and oxygen atoms in total. The molecule has 1 atom stereocenters. The molecule has 36 heavy (non-hydrogen) atoms. The quantitative estimate of drug-likeness (QED) is 0.244. The predicted octanol–water partition coefficient (Wildman–Crippen LogP) is 4.15. The van der Waals surface area contributed by atoms with Crippen molar-refractivity contribution in [3.8, 4) is 0 Å². The van der Waals surface area contributed by atoms with Gasteiger partial charge in [0.05, 0.1) is 16.5 Å². The summed E-state index contributed by atoms with van der Waals surface area (Å²) in [6.07, 6.45) is 0.945. The van der Waals surface area contributed by atoms with Gasteiger partial charge in [-0.2, -0.15) is 4.98 Å². The van der Waals surface area contributed by atoms with Gasteiger partial charge < -0.3 is 25.9 Å². The fourth-order valence-electron chi connectivity index (χ4n) is 4.21. The maximum Gasteiger partial charge on any atom is 0.244 e. The normalized spacial score (nSPS) is 17.3. The average Bonchev–Trinajstić information content (AvgIpc) is 3.22. The zero-order chi connectivity index (χ0) is 25.4. The number of aromatic nitrogens is 2. The van der Waals surface area contributed by atoms with E-state index in [0.717, 1.165) is 20.5 Å². The fraction of sp³-hybridized carbons (Fsp3) is 0.250. The molecule has 186 valence electrons. The zero-order valence-corrected chi connectivity index (χ0v) is 23.5. The third-order valence-corrected chi connectivity index (χ3v) is 8.89. The Kier molecular flexibility index (Phi) is 7.47. The van der Waals surface area contributed by atoms with E-state index in [9.17, 15) is 9.62 Å². The molecule has 1 fully saturated rings. The average molecular weight is 654 g/mol. The van der Waals surface area contributed by atoms with E-state index < -0.39 is 10.8 Å². The monoisotopic (exact) mass is 653 g/mol. The highest BCUT2D eigenvalue weighted by molar-refractivity contribution is 14.1. The maximum absolute atomic E-state index is 12.7. The van der Waals surface area contributed by atoms with Crippen molar-refractivity contribution in [2.75, 3.05) is 35.6 Å². The van der Waals surface area contributed by atoms with E-state index in [1.165, 1.54) is 0 Å². The Morgan fingerprint density at radius 1 is 1.25 bits per heavy atom. The lowest BCUT2D eigenvalue weighted by Crippen LogP contribution is -2.52. The van der Waals surface area contributed by atoms with Gasteiger partial charge in [-0.3, -0.25) is 4.21 Å². The second-order valence-electron chi connectivity index (χ2n) is 8.46. The van der Waals surface area contributed by atoms with Crippen molar-refractivity contribution in [3.05, 3.63) is 72.7 Å². The number of anilines is 3. The van der Waals surface area contributed by atoms with Gasteiger partial charge in [-0.25, -0.2) is 4.98 Å². The lowest BCUT2D eigenvalue weighted by molar-refractivity contribution is -0.288. The lowest BCUT2D eigenvalue weighted by Gasteiger charge is -2.44. The molecule has 1 unspecified atom stereocenters. The van der Waals surface area contributed by atoms with Crippen molar-refractivity contribution < 1.29 is 15.8 Å². The van der Waals surface area contributed by atoms with Gasteiger partial charge in [0.1, 0.15) is 9.92 Å². The molecule has 0 bridgehead atoms. The molecule has 1 aromatic heterocycles. The Labute approximate surface area is 235 Å². The van der Waals surface area contributed by atoms with Crippen LogP contribution in [0.1, 0.15) is 11.3 Å². The van der Waals surface area contributed by atoms with Crippen molar-refractivity contribution in [2.24, 2.45) is 0 Å². The van der Waals surface area contributed by atoms with Crippen LogP contribution in [0.5, 0.6) is 0 Å². The SMILES string of the molecule is [N-]=C1CN(c2nc3c(c(Nc4cccc(I)c4)n2)S(=O)CC3)CCN1C(=N)Cc1ccc(Cl)c([ClH+])c1. The van der Waals surface area contributed by atoms with Gasteiger partial charge in [-0.1, -0.05) is 29.6 Å². The van der Waals surface area contributed by atoms with Crippen LogP contribution in [0, 0.1) is 20.6 Å². The maximum atomic E-state index is 12.7. The highest BCUT2D eigenvalue weighted by Crippen LogP contribution is 2.32. The standard InChI is InChI=1S/C24H22Cl2IN7OS/c25-17-5-4-14(10-18(17)26)11-20(28)34-8-7-33(13-21(34)29)24-31-19-6-9-36(35)22(19)23(32-24)30-16-3-1-2-15(27)12-16/h1-5,10,12,26,28H,6-9,11,13H2,(H,30,31,32). The number of nitrogens with one attached hydrogen (secondary N) is 2. The Morgan fingerprint density at radius 3 is 2.83 bits per heavy atom. The number of aryl methyl sites for hydroxylation is 1. The Hall–Kier alpha value is -2.28. The van der Waals surface area contributed by atoms with Crippen LogP contribution >= 0.6 is 34.2 Å². The molecule has 5 rings (SSSR count). The number of nitrogens with zero attached hydrogens (tertiary/aromatic N) is 5. The number of fused-ring (bicyclic) bond motifs is 1. The number of benzene rings is 2. The van der Waals surface area contributed by atoms with Crippen LogP contribution in [0.15, 0.2) is 47.4 Å². The van der Waals surface area contributed by atoms with Crippen LogP contribution in [0.25, 0.3) is 5.41 Å². The van der Waals surface area contributed by atoms with Gasteiger partial charge in [0, 0.05) is 52.8 Å². The van der Waals surface area contributed by atoms with E-state index in [0.29, 0.717) is 58.4 Å². The van der Waals surface area contributed by atoms with E-state index >= 15 is 0 Å². The Balaban J connectivity index is 1.34. The molecule has 2 aromatic carbocycles. The highest BCUT2D eigenvalue weighted by atomic mass is 127. The predicted molar refractivity (Wildman–Crippen MR) is 150 cm³/mol. The second kappa shape index (κ2) is 10.6. The second-order valence-corrected chi connectivity index (χ2v) is 12.1. The minimum absolute atomic E-state index is 0.0543. The van der Waals surface area contributed by atoms with E-state index in [-0.39, 0.29) is 18.2 Å². The summed E-state index contributed by atoms with van der Waals surface area (Å²) >= 11 is 13.5. The summed E-state index contributed by atoms with van der Waals surface area (Å²) in [7, 11) is -1.16. The molecular weight excluding hydrogens is 632 g/mol. The summed E-state index contributed by atoms with van der Waals surface area (Å²) in [6, 6.07) is 13.2. The number of hydrogen-bond acceptors (Lipinski definition) is 6. The van der Waals surface area contributed by atoms with Crippen LogP contribution in [0.4, 0.5) is 17.5 Å². The lowest BCUT2D eigenvalue weighted by atomic mass is 10.1. The van der Waals surface area contributed by atoms with Gasteiger partial charge in [0.25, 0.3) is 0 Å². The molecular formula is C24H22Cl2IN7OS. The van der Waals surface area contributed by atoms with Crippen molar-refractivity contribution in [1.82, 2.24) is 14.9 Å². The van der Waals surface area contributed by atoms with Gasteiger partial charge >= 0.3 is 0 Å². The molecule has 3 aromatic rings. The summed E-state index contributed by atoms with van der Waals surface area (Å²) in [5.74, 6) is 1.85. The minimum atomic E-state index is -1.16. The Bertz CT molecular complexity index is 1400. The van der Waals surface area contributed by atoms with E-state index in [2.05, 4.69) is 27.9 Å². The van der Waals surface area contributed by atoms with Crippen molar-refractivity contribution in [2.45, 2.75) is 17.7 Å². The van der Waals surface area contributed by atoms with Gasteiger partial charge in [-0.05, 0) is 59.0 Å². The largest absolute Gasteiger partial charge is 0.467 e. The topological polar surface area (TPSA) is 108 Å².